The highest BCUT2D eigenvalue weighted by Gasteiger charge is 2.60. The molecule has 0 radical (unpaired) electrons. The Morgan fingerprint density at radius 3 is 2.45 bits per heavy atom. The Bertz CT molecular complexity index is 983. The lowest BCUT2D eigenvalue weighted by Gasteiger charge is -2.48. The van der Waals surface area contributed by atoms with E-state index in [1.54, 1.807) is 7.11 Å². The molecule has 0 spiro atoms. The van der Waals surface area contributed by atoms with E-state index in [1.807, 2.05) is 30.3 Å². The van der Waals surface area contributed by atoms with Crippen LogP contribution in [0, 0.1) is 11.3 Å². The van der Waals surface area contributed by atoms with Crippen LogP contribution < -0.4 is 5.32 Å². The highest BCUT2D eigenvalue weighted by Crippen LogP contribution is 2.60. The van der Waals surface area contributed by atoms with E-state index in [0.29, 0.717) is 34.9 Å². The summed E-state index contributed by atoms with van der Waals surface area (Å²) < 4.78 is 11.0. The topological polar surface area (TPSA) is 47.6 Å². The fraction of sp³-hybridized carbons (Fsp3) is 0.500. The van der Waals surface area contributed by atoms with Crippen molar-refractivity contribution in [2.75, 3.05) is 26.9 Å². The minimum absolute atomic E-state index is 0.0595. The van der Waals surface area contributed by atoms with Gasteiger partial charge in [0.2, 0.25) is 5.91 Å². The molecule has 33 heavy (non-hydrogen) atoms. The third kappa shape index (κ3) is 4.78. The summed E-state index contributed by atoms with van der Waals surface area (Å²) in [4.78, 5) is 13.4. The number of benzene rings is 2. The van der Waals surface area contributed by atoms with Crippen molar-refractivity contribution >= 4 is 40.7 Å². The average molecular weight is 511 g/mol. The Morgan fingerprint density at radius 2 is 1.79 bits per heavy atom. The molecule has 1 amide bonds. The lowest BCUT2D eigenvalue weighted by molar-refractivity contribution is -0.131. The average Bonchev–Trinajstić information content (AvgIpc) is 3.09. The number of carbonyl (C=O) groups is 1. The van der Waals surface area contributed by atoms with E-state index >= 15 is 0 Å². The van der Waals surface area contributed by atoms with Gasteiger partial charge in [-0.05, 0) is 66.5 Å². The number of carbonyl (C=O) groups excluding carboxylic acids is 1. The third-order valence-corrected chi connectivity index (χ3v) is 8.35. The van der Waals surface area contributed by atoms with E-state index < -0.39 is 5.41 Å². The molecule has 1 N–H and O–H groups in total. The van der Waals surface area contributed by atoms with Gasteiger partial charge in [0.05, 0.1) is 31.3 Å². The normalized spacial score (nSPS) is 29.1. The zero-order valence-electron chi connectivity index (χ0n) is 19.0. The first-order valence-electron chi connectivity index (χ1n) is 11.5. The highest BCUT2D eigenvalue weighted by atomic mass is 35.5. The molecule has 0 unspecified atom stereocenters. The molecular formula is C26H30Cl3NO3. The van der Waals surface area contributed by atoms with Gasteiger partial charge in [0.25, 0.3) is 0 Å². The summed E-state index contributed by atoms with van der Waals surface area (Å²) in [5.41, 5.74) is 1.80. The van der Waals surface area contributed by atoms with E-state index in [0.717, 1.165) is 30.4 Å². The second kappa shape index (κ2) is 10.5. The van der Waals surface area contributed by atoms with Crippen LogP contribution in [0.15, 0.2) is 42.5 Å². The van der Waals surface area contributed by atoms with Crippen molar-refractivity contribution in [2.45, 2.75) is 44.1 Å². The van der Waals surface area contributed by atoms with Crippen LogP contribution in [0.2, 0.25) is 15.1 Å². The number of amides is 1. The van der Waals surface area contributed by atoms with E-state index in [2.05, 4.69) is 24.4 Å². The van der Waals surface area contributed by atoms with Crippen LogP contribution in [0.25, 0.3) is 0 Å². The SMILES string of the molecule is CC[C@@]12CC[C@@H](c3ccc(Cl)cc3Cl)[C@H](c3ccc(Cl)cc3)[C@@H]1[C@@H](COCCOC)NC2=O. The van der Waals surface area contributed by atoms with Crippen LogP contribution in [0.4, 0.5) is 0 Å². The van der Waals surface area contributed by atoms with Gasteiger partial charge in [-0.15, -0.1) is 0 Å². The van der Waals surface area contributed by atoms with Crippen LogP contribution in [-0.2, 0) is 14.3 Å². The molecule has 0 bridgehead atoms. The predicted octanol–water partition coefficient (Wildman–Crippen LogP) is 6.48. The molecule has 5 atom stereocenters. The quantitative estimate of drug-likeness (QED) is 0.413. The monoisotopic (exact) mass is 509 g/mol. The van der Waals surface area contributed by atoms with Crippen LogP contribution in [-0.4, -0.2) is 38.9 Å². The molecule has 2 aliphatic rings. The predicted molar refractivity (Wildman–Crippen MR) is 133 cm³/mol. The molecule has 1 heterocycles. The first-order valence-corrected chi connectivity index (χ1v) is 12.6. The number of methoxy groups -OCH3 is 1. The van der Waals surface area contributed by atoms with E-state index in [-0.39, 0.29) is 29.7 Å². The largest absolute Gasteiger partial charge is 0.382 e. The maximum absolute atomic E-state index is 13.4. The highest BCUT2D eigenvalue weighted by molar-refractivity contribution is 6.35. The summed E-state index contributed by atoms with van der Waals surface area (Å²) in [5.74, 6) is 0.415. The zero-order valence-corrected chi connectivity index (χ0v) is 21.2. The van der Waals surface area contributed by atoms with E-state index in [4.69, 9.17) is 44.3 Å². The lowest BCUT2D eigenvalue weighted by atomic mass is 9.54. The fourth-order valence-electron chi connectivity index (χ4n) is 6.00. The van der Waals surface area contributed by atoms with Crippen molar-refractivity contribution in [3.63, 3.8) is 0 Å². The molecular weight excluding hydrogens is 481 g/mol. The van der Waals surface area contributed by atoms with E-state index in [1.165, 1.54) is 0 Å². The molecule has 2 aromatic rings. The number of halogens is 3. The summed E-state index contributed by atoms with van der Waals surface area (Å²) in [6.07, 6.45) is 2.45. The van der Waals surface area contributed by atoms with Crippen LogP contribution >= 0.6 is 34.8 Å². The summed E-state index contributed by atoms with van der Waals surface area (Å²) in [5, 5.41) is 5.26. The Kier molecular flexibility index (Phi) is 7.92. The van der Waals surface area contributed by atoms with Crippen molar-refractivity contribution in [3.05, 3.63) is 68.7 Å². The molecule has 0 aromatic heterocycles. The van der Waals surface area contributed by atoms with Gasteiger partial charge in [0.1, 0.15) is 0 Å². The molecule has 1 saturated carbocycles. The van der Waals surface area contributed by atoms with Gasteiger partial charge >= 0.3 is 0 Å². The molecule has 7 heteroatoms. The summed E-state index contributed by atoms with van der Waals surface area (Å²) in [7, 11) is 1.65. The summed E-state index contributed by atoms with van der Waals surface area (Å²) in [6, 6.07) is 13.7. The molecule has 1 saturated heterocycles. The summed E-state index contributed by atoms with van der Waals surface area (Å²) in [6.45, 7) is 3.59. The van der Waals surface area contributed by atoms with Gasteiger partial charge in [-0.1, -0.05) is 59.9 Å². The van der Waals surface area contributed by atoms with Gasteiger partial charge in [-0.3, -0.25) is 4.79 Å². The first-order chi connectivity index (χ1) is 15.9. The van der Waals surface area contributed by atoms with Gasteiger partial charge in [-0.2, -0.15) is 0 Å². The molecule has 4 rings (SSSR count). The Hall–Kier alpha value is -1.30. The molecule has 4 nitrogen and oxygen atoms in total. The van der Waals surface area contributed by atoms with Crippen molar-refractivity contribution in [2.24, 2.45) is 11.3 Å². The van der Waals surface area contributed by atoms with E-state index in [9.17, 15) is 4.79 Å². The number of hydrogen-bond acceptors (Lipinski definition) is 3. The van der Waals surface area contributed by atoms with Crippen molar-refractivity contribution in [3.8, 4) is 0 Å². The molecule has 1 aliphatic heterocycles. The van der Waals surface area contributed by atoms with Gasteiger partial charge < -0.3 is 14.8 Å². The first kappa shape index (κ1) is 24.8. The van der Waals surface area contributed by atoms with Crippen LogP contribution in [0.1, 0.15) is 49.1 Å². The zero-order chi connectivity index (χ0) is 23.6. The second-order valence-electron chi connectivity index (χ2n) is 9.07. The van der Waals surface area contributed by atoms with Gasteiger partial charge in [-0.25, -0.2) is 0 Å². The molecule has 2 fully saturated rings. The van der Waals surface area contributed by atoms with Crippen molar-refractivity contribution in [1.29, 1.82) is 0 Å². The molecule has 178 valence electrons. The lowest BCUT2D eigenvalue weighted by Crippen LogP contribution is -2.45. The Morgan fingerprint density at radius 1 is 1.06 bits per heavy atom. The number of rotatable bonds is 8. The number of hydrogen-bond donors (Lipinski definition) is 1. The smallest absolute Gasteiger partial charge is 0.226 e. The number of nitrogens with one attached hydrogen (secondary N) is 1. The minimum atomic E-state index is -0.436. The standard InChI is InChI=1S/C26H30Cl3NO3/c1-3-26-11-10-20(19-9-8-18(28)14-21(19)29)23(16-4-6-17(27)7-5-16)24(26)22(30-25(26)31)15-33-13-12-32-2/h4-9,14,20,22-24H,3,10-13,15H2,1-2H3,(H,30,31)/t20-,22+,23-,24-,26+/m0/s1. The number of ether oxygens (including phenoxy) is 2. The van der Waals surface area contributed by atoms with Gasteiger partial charge in [0, 0.05) is 28.1 Å². The minimum Gasteiger partial charge on any atom is -0.382 e. The molecule has 2 aromatic carbocycles. The Balaban J connectivity index is 1.79. The summed E-state index contributed by atoms with van der Waals surface area (Å²) >= 11 is 19.1. The Labute approximate surface area is 210 Å². The van der Waals surface area contributed by atoms with Crippen molar-refractivity contribution in [1.82, 2.24) is 5.32 Å². The maximum atomic E-state index is 13.4. The maximum Gasteiger partial charge on any atom is 0.226 e. The fourth-order valence-corrected chi connectivity index (χ4v) is 6.68. The van der Waals surface area contributed by atoms with Crippen LogP contribution in [0.5, 0.6) is 0 Å². The van der Waals surface area contributed by atoms with Gasteiger partial charge in [0.15, 0.2) is 0 Å². The number of fused-ring (bicyclic) bond motifs is 1. The molecule has 1 aliphatic carbocycles. The third-order valence-electron chi connectivity index (χ3n) is 7.54. The van der Waals surface area contributed by atoms with Crippen molar-refractivity contribution < 1.29 is 14.3 Å². The second-order valence-corrected chi connectivity index (χ2v) is 10.4. The van der Waals surface area contributed by atoms with Crippen LogP contribution in [0.3, 0.4) is 0 Å².